The molecule has 0 heterocycles. The van der Waals surface area contributed by atoms with Gasteiger partial charge in [-0.15, -0.1) is 0 Å². The molecule has 0 aromatic carbocycles. The van der Waals surface area contributed by atoms with Crippen LogP contribution in [0.2, 0.25) is 0 Å². The highest BCUT2D eigenvalue weighted by Crippen LogP contribution is 2.54. The Bertz CT molecular complexity index is 481. The number of aliphatic hydroxyl groups is 1. The van der Waals surface area contributed by atoms with E-state index in [1.807, 2.05) is 0 Å². The first kappa shape index (κ1) is 21.3. The summed E-state index contributed by atoms with van der Waals surface area (Å²) in [4.78, 5) is 30.5. The molecule has 0 aromatic rings. The predicted octanol–water partition coefficient (Wildman–Crippen LogP) is -0.159. The van der Waals surface area contributed by atoms with Gasteiger partial charge in [0.25, 0.3) is 0 Å². The lowest BCUT2D eigenvalue weighted by Gasteiger charge is -2.55. The highest BCUT2D eigenvalue weighted by molar-refractivity contribution is 5.88. The van der Waals surface area contributed by atoms with E-state index in [0.717, 1.165) is 17.8 Å². The molecule has 9 heteroatoms. The largest absolute Gasteiger partial charge is 0.481 e. The fraction of sp³-hybridized carbons (Fsp3) is 0.812. The molecule has 0 atom stereocenters. The zero-order valence-electron chi connectivity index (χ0n) is 14.0. The van der Waals surface area contributed by atoms with E-state index >= 15 is 0 Å². The van der Waals surface area contributed by atoms with Crippen LogP contribution in [0.5, 0.6) is 0 Å². The van der Waals surface area contributed by atoms with Crippen molar-refractivity contribution in [3.05, 3.63) is 0 Å². The van der Waals surface area contributed by atoms with Crippen molar-refractivity contribution < 1.29 is 40.3 Å². The van der Waals surface area contributed by atoms with Gasteiger partial charge in [0.2, 0.25) is 0 Å². The van der Waals surface area contributed by atoms with Gasteiger partial charge >= 0.3 is 17.9 Å². The standard InChI is InChI=1S/C10H17N.C6H8O7.H2O/c11-10-4-7-1-8(5-10)3-9(2-7)6-10;7-3(8)1-6(13,5(11)12)2-4(9)10;/h7-9H,1-6,11H2;13H,1-2H2,(H,7,8)(H,9,10)(H,11,12);1H2. The summed E-state index contributed by atoms with van der Waals surface area (Å²) >= 11 is 0. The molecule has 0 amide bonds. The molecule has 144 valence electrons. The molecule has 4 aliphatic carbocycles. The van der Waals surface area contributed by atoms with Gasteiger partial charge in [0, 0.05) is 5.54 Å². The summed E-state index contributed by atoms with van der Waals surface area (Å²) in [5, 5.41) is 33.8. The summed E-state index contributed by atoms with van der Waals surface area (Å²) in [7, 11) is 0. The summed E-state index contributed by atoms with van der Waals surface area (Å²) in [6, 6.07) is 0. The van der Waals surface area contributed by atoms with Gasteiger partial charge in [-0.25, -0.2) is 4.79 Å². The first-order valence-electron chi connectivity index (χ1n) is 8.19. The fourth-order valence-corrected chi connectivity index (χ4v) is 4.89. The van der Waals surface area contributed by atoms with Crippen molar-refractivity contribution in [3.63, 3.8) is 0 Å². The van der Waals surface area contributed by atoms with Crippen LogP contribution in [0.3, 0.4) is 0 Å². The van der Waals surface area contributed by atoms with Crippen molar-refractivity contribution in [1.29, 1.82) is 0 Å². The van der Waals surface area contributed by atoms with E-state index in [2.05, 4.69) is 0 Å². The van der Waals surface area contributed by atoms with E-state index in [4.69, 9.17) is 26.2 Å². The van der Waals surface area contributed by atoms with Gasteiger partial charge in [-0.2, -0.15) is 0 Å². The fourth-order valence-electron chi connectivity index (χ4n) is 4.89. The van der Waals surface area contributed by atoms with Gasteiger partial charge in [-0.3, -0.25) is 9.59 Å². The molecule has 0 aromatic heterocycles. The van der Waals surface area contributed by atoms with E-state index in [1.54, 1.807) is 0 Å². The van der Waals surface area contributed by atoms with Crippen LogP contribution in [0.15, 0.2) is 0 Å². The molecule has 0 unspecified atom stereocenters. The lowest BCUT2D eigenvalue weighted by Crippen LogP contribution is -2.55. The quantitative estimate of drug-likeness (QED) is 0.446. The van der Waals surface area contributed by atoms with Crippen molar-refractivity contribution in [3.8, 4) is 0 Å². The Morgan fingerprint density at radius 1 is 0.880 bits per heavy atom. The van der Waals surface area contributed by atoms with Crippen LogP contribution in [-0.4, -0.2) is 55.0 Å². The smallest absolute Gasteiger partial charge is 0.336 e. The van der Waals surface area contributed by atoms with Gasteiger partial charge < -0.3 is 31.6 Å². The van der Waals surface area contributed by atoms with Gasteiger partial charge in [0.15, 0.2) is 5.60 Å². The number of hydrogen-bond acceptors (Lipinski definition) is 5. The van der Waals surface area contributed by atoms with E-state index < -0.39 is 36.4 Å². The second kappa shape index (κ2) is 7.67. The second-order valence-corrected chi connectivity index (χ2v) is 7.76. The number of rotatable bonds is 5. The third-order valence-electron chi connectivity index (χ3n) is 5.37. The van der Waals surface area contributed by atoms with Gasteiger partial charge in [0.1, 0.15) is 0 Å². The van der Waals surface area contributed by atoms with Crippen LogP contribution in [0.1, 0.15) is 51.4 Å². The van der Waals surface area contributed by atoms with Crippen molar-refractivity contribution in [2.24, 2.45) is 23.5 Å². The summed E-state index contributed by atoms with van der Waals surface area (Å²) in [5.41, 5.74) is 3.88. The molecular formula is C16H27NO8. The minimum absolute atomic E-state index is 0. The zero-order chi connectivity index (χ0) is 18.1. The minimum Gasteiger partial charge on any atom is -0.481 e. The zero-order valence-corrected chi connectivity index (χ0v) is 14.0. The van der Waals surface area contributed by atoms with Crippen molar-refractivity contribution in [2.45, 2.75) is 62.5 Å². The van der Waals surface area contributed by atoms with Crippen molar-refractivity contribution >= 4 is 17.9 Å². The number of carbonyl (C=O) groups is 3. The number of hydrogen-bond donors (Lipinski definition) is 5. The molecule has 0 radical (unpaired) electrons. The van der Waals surface area contributed by atoms with Gasteiger partial charge in [-0.1, -0.05) is 0 Å². The maximum Gasteiger partial charge on any atom is 0.336 e. The van der Waals surface area contributed by atoms with E-state index in [1.165, 1.54) is 38.5 Å². The molecule has 4 aliphatic rings. The third kappa shape index (κ3) is 5.38. The Morgan fingerprint density at radius 3 is 1.40 bits per heavy atom. The molecule has 25 heavy (non-hydrogen) atoms. The van der Waals surface area contributed by atoms with E-state index in [0.29, 0.717) is 5.54 Å². The number of nitrogens with two attached hydrogens (primary N) is 1. The molecule has 4 saturated carbocycles. The van der Waals surface area contributed by atoms with Crippen LogP contribution < -0.4 is 5.73 Å². The number of aliphatic carboxylic acids is 3. The lowest BCUT2D eigenvalue weighted by atomic mass is 9.53. The normalized spacial score (nSPS) is 32.2. The average molecular weight is 361 g/mol. The molecule has 9 nitrogen and oxygen atoms in total. The summed E-state index contributed by atoms with van der Waals surface area (Å²) in [6.07, 6.45) is 6.28. The van der Waals surface area contributed by atoms with E-state index in [9.17, 15) is 14.4 Å². The monoisotopic (exact) mass is 361 g/mol. The van der Waals surface area contributed by atoms with Crippen LogP contribution in [-0.2, 0) is 14.4 Å². The first-order valence-corrected chi connectivity index (χ1v) is 8.19. The Labute approximate surface area is 145 Å². The number of carboxylic acid groups (broad SMARTS) is 3. The molecule has 4 bridgehead atoms. The van der Waals surface area contributed by atoms with Gasteiger partial charge in [-0.05, 0) is 56.3 Å². The molecule has 8 N–H and O–H groups in total. The molecule has 0 spiro atoms. The molecule has 0 saturated heterocycles. The van der Waals surface area contributed by atoms with Crippen LogP contribution in [0.4, 0.5) is 0 Å². The number of carboxylic acids is 3. The van der Waals surface area contributed by atoms with Crippen LogP contribution >= 0.6 is 0 Å². The Balaban J connectivity index is 0.000000241. The minimum atomic E-state index is -2.74. The van der Waals surface area contributed by atoms with Crippen LogP contribution in [0.25, 0.3) is 0 Å². The predicted molar refractivity (Wildman–Crippen MR) is 85.8 cm³/mol. The molecule has 4 fully saturated rings. The van der Waals surface area contributed by atoms with Crippen molar-refractivity contribution in [1.82, 2.24) is 0 Å². The maximum absolute atomic E-state index is 10.3. The molecular weight excluding hydrogens is 334 g/mol. The Kier molecular flexibility index (Phi) is 6.55. The average Bonchev–Trinajstić information content (AvgIpc) is 2.33. The van der Waals surface area contributed by atoms with Crippen molar-refractivity contribution in [2.75, 3.05) is 0 Å². The SMILES string of the molecule is NC12CC3CC(CC(C3)C1)C2.O.O=C(O)CC(O)(CC(=O)O)C(=O)O. The second-order valence-electron chi connectivity index (χ2n) is 7.76. The Hall–Kier alpha value is -1.71. The van der Waals surface area contributed by atoms with Crippen LogP contribution in [0, 0.1) is 17.8 Å². The highest BCUT2D eigenvalue weighted by atomic mass is 16.4. The van der Waals surface area contributed by atoms with E-state index in [-0.39, 0.29) is 5.48 Å². The topological polar surface area (TPSA) is 190 Å². The van der Waals surface area contributed by atoms with Gasteiger partial charge in [0.05, 0.1) is 12.8 Å². The summed E-state index contributed by atoms with van der Waals surface area (Å²) < 4.78 is 0. The lowest BCUT2D eigenvalue weighted by molar-refractivity contribution is -0.170. The summed E-state index contributed by atoms with van der Waals surface area (Å²) in [6.45, 7) is 0. The highest BCUT2D eigenvalue weighted by Gasteiger charge is 2.48. The first-order chi connectivity index (χ1) is 11.0. The third-order valence-corrected chi connectivity index (χ3v) is 5.37. The molecule has 4 rings (SSSR count). The Morgan fingerprint density at radius 2 is 1.20 bits per heavy atom. The molecule has 0 aliphatic heterocycles. The maximum atomic E-state index is 10.3. The summed E-state index contributed by atoms with van der Waals surface area (Å²) in [5.74, 6) is -1.96.